The van der Waals surface area contributed by atoms with Crippen molar-refractivity contribution in [1.82, 2.24) is 10.2 Å². The minimum atomic E-state index is 0.332. The second-order valence-corrected chi connectivity index (χ2v) is 12.1. The van der Waals surface area contributed by atoms with Crippen LogP contribution in [0, 0.1) is 11.8 Å². The van der Waals surface area contributed by atoms with Crippen LogP contribution in [0.2, 0.25) is 5.02 Å². The maximum Gasteiger partial charge on any atom is 0.222 e. The summed E-state index contributed by atoms with van der Waals surface area (Å²) >= 11 is 14.0. The molecule has 2 aromatic carbocycles. The van der Waals surface area contributed by atoms with Gasteiger partial charge in [0.25, 0.3) is 0 Å². The minimum absolute atomic E-state index is 0.332. The van der Waals surface area contributed by atoms with Crippen LogP contribution in [0.4, 0.5) is 0 Å². The van der Waals surface area contributed by atoms with E-state index in [1.54, 1.807) is 0 Å². The van der Waals surface area contributed by atoms with Crippen LogP contribution in [-0.4, -0.2) is 37.0 Å². The van der Waals surface area contributed by atoms with E-state index in [4.69, 9.17) is 11.6 Å². The second-order valence-electron chi connectivity index (χ2n) is 9.90. The Morgan fingerprint density at radius 2 is 1.73 bits per heavy atom. The minimum Gasteiger partial charge on any atom is -0.343 e. The summed E-state index contributed by atoms with van der Waals surface area (Å²) in [6.07, 6.45) is 7.10. The predicted molar refractivity (Wildman–Crippen MR) is 142 cm³/mol. The number of carbonyl (C=O) groups is 1. The van der Waals surface area contributed by atoms with Crippen LogP contribution < -0.4 is 5.32 Å². The van der Waals surface area contributed by atoms with Crippen molar-refractivity contribution in [3.05, 3.63) is 66.6 Å². The normalized spacial score (nSPS) is 21.9. The molecule has 0 radical (unpaired) electrons. The van der Waals surface area contributed by atoms with Crippen LogP contribution in [0.5, 0.6) is 0 Å². The smallest absolute Gasteiger partial charge is 0.222 e. The van der Waals surface area contributed by atoms with E-state index in [0.29, 0.717) is 23.7 Å². The SMILES string of the molecule is O=C(CC1CCNCC1)N1CCC([C@H]2c3ccc(Br)cc3CCc3cc(Cl)cc(Br)c32)CC1. The third-order valence-electron chi connectivity index (χ3n) is 7.88. The number of aryl methyl sites for hydroxylation is 2. The molecule has 2 aromatic rings. The molecule has 1 atom stereocenters. The first kappa shape index (κ1) is 23.8. The molecule has 0 bridgehead atoms. The van der Waals surface area contributed by atoms with Crippen molar-refractivity contribution in [3.8, 4) is 0 Å². The van der Waals surface area contributed by atoms with E-state index in [0.717, 1.165) is 85.1 Å². The Balaban J connectivity index is 1.38. The zero-order chi connectivity index (χ0) is 22.9. The van der Waals surface area contributed by atoms with Gasteiger partial charge in [0.15, 0.2) is 0 Å². The number of halogens is 3. The molecule has 6 heteroatoms. The van der Waals surface area contributed by atoms with Crippen LogP contribution in [0.25, 0.3) is 0 Å². The van der Waals surface area contributed by atoms with Gasteiger partial charge in [-0.2, -0.15) is 0 Å². The van der Waals surface area contributed by atoms with Gasteiger partial charge in [0, 0.05) is 39.4 Å². The Bertz CT molecular complexity index is 1030. The molecule has 5 rings (SSSR count). The molecule has 3 aliphatic rings. The number of hydrogen-bond donors (Lipinski definition) is 1. The molecule has 33 heavy (non-hydrogen) atoms. The molecule has 2 fully saturated rings. The molecule has 0 saturated carbocycles. The highest BCUT2D eigenvalue weighted by Crippen LogP contribution is 2.47. The first-order chi connectivity index (χ1) is 16.0. The summed E-state index contributed by atoms with van der Waals surface area (Å²) in [7, 11) is 0. The van der Waals surface area contributed by atoms with E-state index in [1.165, 1.54) is 22.3 Å². The summed E-state index contributed by atoms with van der Waals surface area (Å²) in [5, 5.41) is 4.20. The maximum atomic E-state index is 13.0. The number of likely N-dealkylation sites (tertiary alicyclic amines) is 1. The van der Waals surface area contributed by atoms with Crippen molar-refractivity contribution >= 4 is 49.4 Å². The third kappa shape index (κ3) is 5.22. The monoisotopic (exact) mass is 592 g/mol. The van der Waals surface area contributed by atoms with E-state index in [-0.39, 0.29) is 0 Å². The number of benzene rings is 2. The fraction of sp³-hybridized carbons (Fsp3) is 0.519. The number of fused-ring (bicyclic) bond motifs is 2. The van der Waals surface area contributed by atoms with Crippen molar-refractivity contribution in [2.75, 3.05) is 26.2 Å². The van der Waals surface area contributed by atoms with Gasteiger partial charge in [0.1, 0.15) is 0 Å². The summed E-state index contributed by atoms with van der Waals surface area (Å²) in [5.74, 6) is 1.76. The van der Waals surface area contributed by atoms with E-state index in [1.807, 2.05) is 0 Å². The Labute approximate surface area is 218 Å². The van der Waals surface area contributed by atoms with Crippen LogP contribution in [-0.2, 0) is 17.6 Å². The Hall–Kier alpha value is -0.880. The largest absolute Gasteiger partial charge is 0.343 e. The Kier molecular flexibility index (Phi) is 7.51. The lowest BCUT2D eigenvalue weighted by Gasteiger charge is -2.38. The molecule has 3 nitrogen and oxygen atoms in total. The molecule has 1 N–H and O–H groups in total. The van der Waals surface area contributed by atoms with Gasteiger partial charge in [-0.25, -0.2) is 0 Å². The molecular formula is C27H31Br2ClN2O. The van der Waals surface area contributed by atoms with Gasteiger partial charge >= 0.3 is 0 Å². The topological polar surface area (TPSA) is 32.3 Å². The van der Waals surface area contributed by atoms with Gasteiger partial charge in [0.2, 0.25) is 5.91 Å². The fourth-order valence-electron chi connectivity index (χ4n) is 6.15. The molecule has 1 aliphatic carbocycles. The van der Waals surface area contributed by atoms with Gasteiger partial charge in [-0.05, 0) is 110 Å². The molecule has 0 spiro atoms. The highest BCUT2D eigenvalue weighted by Gasteiger charge is 2.35. The number of hydrogen-bond acceptors (Lipinski definition) is 2. The highest BCUT2D eigenvalue weighted by molar-refractivity contribution is 9.10. The van der Waals surface area contributed by atoms with Crippen LogP contribution in [0.15, 0.2) is 39.3 Å². The number of nitrogens with one attached hydrogen (secondary N) is 1. The van der Waals surface area contributed by atoms with E-state index in [9.17, 15) is 4.79 Å². The molecule has 2 saturated heterocycles. The number of carbonyl (C=O) groups excluding carboxylic acids is 1. The molecule has 2 aliphatic heterocycles. The van der Waals surface area contributed by atoms with Crippen LogP contribution in [0.1, 0.15) is 60.3 Å². The van der Waals surface area contributed by atoms with Gasteiger partial charge < -0.3 is 10.2 Å². The average molecular weight is 595 g/mol. The summed E-state index contributed by atoms with van der Waals surface area (Å²) < 4.78 is 2.26. The van der Waals surface area contributed by atoms with Gasteiger partial charge in [-0.1, -0.05) is 49.5 Å². The maximum absolute atomic E-state index is 13.0. The Morgan fingerprint density at radius 1 is 1.00 bits per heavy atom. The fourth-order valence-corrected chi connectivity index (χ4v) is 7.67. The van der Waals surface area contributed by atoms with Crippen LogP contribution >= 0.6 is 43.5 Å². The standard InChI is InChI=1S/C27H31Br2ClN2O/c28-21-3-4-23-19(14-21)1-2-20-15-22(30)16-24(29)27(20)26(23)18-7-11-32(12-8-18)25(33)13-17-5-9-31-10-6-17/h3-4,14-18,26,31H,1-2,5-13H2/t26-/m0/s1. The second kappa shape index (κ2) is 10.4. The third-order valence-corrected chi connectivity index (χ3v) is 9.25. The van der Waals surface area contributed by atoms with Crippen molar-refractivity contribution in [1.29, 1.82) is 0 Å². The zero-order valence-electron chi connectivity index (χ0n) is 18.9. The van der Waals surface area contributed by atoms with Crippen LogP contribution in [0.3, 0.4) is 0 Å². The van der Waals surface area contributed by atoms with Crippen molar-refractivity contribution < 1.29 is 4.79 Å². The summed E-state index contributed by atoms with van der Waals surface area (Å²) in [4.78, 5) is 15.1. The first-order valence-corrected chi connectivity index (χ1v) is 14.2. The van der Waals surface area contributed by atoms with E-state index >= 15 is 0 Å². The highest BCUT2D eigenvalue weighted by atomic mass is 79.9. The van der Waals surface area contributed by atoms with Gasteiger partial charge in [-0.15, -0.1) is 0 Å². The average Bonchev–Trinajstić information content (AvgIpc) is 2.96. The van der Waals surface area contributed by atoms with Crippen molar-refractivity contribution in [2.45, 2.75) is 50.9 Å². The lowest BCUT2D eigenvalue weighted by atomic mass is 9.74. The lowest BCUT2D eigenvalue weighted by molar-refractivity contribution is -0.133. The van der Waals surface area contributed by atoms with E-state index < -0.39 is 0 Å². The quantitative estimate of drug-likeness (QED) is 0.428. The molecule has 2 heterocycles. The zero-order valence-corrected chi connectivity index (χ0v) is 22.8. The molecular weight excluding hydrogens is 564 g/mol. The molecule has 0 unspecified atom stereocenters. The van der Waals surface area contributed by atoms with Gasteiger partial charge in [-0.3, -0.25) is 4.79 Å². The van der Waals surface area contributed by atoms with Crippen molar-refractivity contribution in [3.63, 3.8) is 0 Å². The summed E-state index contributed by atoms with van der Waals surface area (Å²) in [6.45, 7) is 3.85. The van der Waals surface area contributed by atoms with Crippen molar-refractivity contribution in [2.24, 2.45) is 11.8 Å². The number of nitrogens with zero attached hydrogens (tertiary/aromatic N) is 1. The van der Waals surface area contributed by atoms with Gasteiger partial charge in [0.05, 0.1) is 0 Å². The molecule has 1 amide bonds. The first-order valence-electron chi connectivity index (χ1n) is 12.2. The predicted octanol–water partition coefficient (Wildman–Crippen LogP) is 6.72. The number of rotatable bonds is 3. The summed E-state index contributed by atoms with van der Waals surface area (Å²) in [6, 6.07) is 11.0. The van der Waals surface area contributed by atoms with E-state index in [2.05, 4.69) is 72.4 Å². The number of amides is 1. The molecule has 0 aromatic heterocycles. The molecule has 176 valence electrons. The summed E-state index contributed by atoms with van der Waals surface area (Å²) in [5.41, 5.74) is 5.63. The Morgan fingerprint density at radius 3 is 2.48 bits per heavy atom. The lowest BCUT2D eigenvalue weighted by Crippen LogP contribution is -2.41. The number of piperidine rings is 2.